The molecule has 15 heavy (non-hydrogen) atoms. The lowest BCUT2D eigenvalue weighted by Gasteiger charge is -2.18. The first-order valence-corrected chi connectivity index (χ1v) is 6.41. The molecule has 0 fully saturated rings. The molecule has 0 aliphatic carbocycles. The Hall–Kier alpha value is -0.450. The maximum atomic E-state index is 5.63. The van der Waals surface area contributed by atoms with Crippen LogP contribution in [0.3, 0.4) is 0 Å². The third-order valence-electron chi connectivity index (χ3n) is 2.05. The molecule has 1 atom stereocenters. The molecule has 0 radical (unpaired) electrons. The van der Waals surface area contributed by atoms with Crippen LogP contribution >= 0.6 is 11.3 Å². The molecule has 1 heterocycles. The van der Waals surface area contributed by atoms with Crippen LogP contribution in [0.1, 0.15) is 38.9 Å². The van der Waals surface area contributed by atoms with Crippen molar-refractivity contribution < 1.29 is 4.74 Å². The van der Waals surface area contributed by atoms with Crippen molar-refractivity contribution in [1.82, 2.24) is 10.3 Å². The number of rotatable bonds is 7. The maximum Gasteiger partial charge on any atom is 0.0795 e. The van der Waals surface area contributed by atoms with Crippen LogP contribution in [0.5, 0.6) is 0 Å². The van der Waals surface area contributed by atoms with E-state index in [1.807, 2.05) is 5.51 Å². The van der Waals surface area contributed by atoms with Gasteiger partial charge in [0.1, 0.15) is 0 Å². The van der Waals surface area contributed by atoms with E-state index >= 15 is 0 Å². The summed E-state index contributed by atoms with van der Waals surface area (Å²) in [6.07, 6.45) is 1.40. The summed E-state index contributed by atoms with van der Waals surface area (Å²) in [7, 11) is 0. The number of ether oxygens (including phenoxy) is 1. The quantitative estimate of drug-likeness (QED) is 0.779. The molecule has 1 N–H and O–H groups in total. The van der Waals surface area contributed by atoms with Gasteiger partial charge in [0.05, 0.1) is 30.0 Å². The molecule has 3 nitrogen and oxygen atoms in total. The van der Waals surface area contributed by atoms with Crippen molar-refractivity contribution in [1.29, 1.82) is 0 Å². The maximum absolute atomic E-state index is 5.63. The fraction of sp³-hybridized carbons (Fsp3) is 0.727. The summed E-state index contributed by atoms with van der Waals surface area (Å²) >= 11 is 1.63. The zero-order valence-electron chi connectivity index (χ0n) is 9.69. The average Bonchev–Trinajstić information content (AvgIpc) is 2.71. The summed E-state index contributed by atoms with van der Waals surface area (Å²) in [5.41, 5.74) is 2.96. The molecule has 0 bridgehead atoms. The number of thiazole rings is 1. The van der Waals surface area contributed by atoms with Crippen LogP contribution in [-0.4, -0.2) is 24.2 Å². The molecular weight excluding hydrogens is 208 g/mol. The summed E-state index contributed by atoms with van der Waals surface area (Å²) in [6.45, 7) is 7.97. The first kappa shape index (κ1) is 12.6. The van der Waals surface area contributed by atoms with Gasteiger partial charge in [-0.05, 0) is 26.8 Å². The van der Waals surface area contributed by atoms with Gasteiger partial charge in [-0.25, -0.2) is 4.98 Å². The molecule has 0 saturated heterocycles. The molecule has 1 aromatic rings. The van der Waals surface area contributed by atoms with Gasteiger partial charge in [-0.2, -0.15) is 0 Å². The SMILES string of the molecule is CCCNC(COC(C)C)c1cscn1. The van der Waals surface area contributed by atoms with E-state index in [9.17, 15) is 0 Å². The van der Waals surface area contributed by atoms with Gasteiger partial charge in [0, 0.05) is 5.38 Å². The molecule has 86 valence electrons. The van der Waals surface area contributed by atoms with Crippen LogP contribution in [0, 0.1) is 0 Å². The van der Waals surface area contributed by atoms with Crippen LogP contribution in [0.15, 0.2) is 10.9 Å². The van der Waals surface area contributed by atoms with E-state index in [1.54, 1.807) is 11.3 Å². The third-order valence-corrected chi connectivity index (χ3v) is 2.65. The van der Waals surface area contributed by atoms with Crippen molar-refractivity contribution in [2.24, 2.45) is 0 Å². The average molecular weight is 228 g/mol. The largest absolute Gasteiger partial charge is 0.377 e. The van der Waals surface area contributed by atoms with E-state index in [0.29, 0.717) is 6.61 Å². The van der Waals surface area contributed by atoms with E-state index in [2.05, 4.69) is 36.5 Å². The topological polar surface area (TPSA) is 34.1 Å². The molecule has 1 unspecified atom stereocenters. The highest BCUT2D eigenvalue weighted by Crippen LogP contribution is 2.14. The molecule has 0 saturated carbocycles. The van der Waals surface area contributed by atoms with Crippen molar-refractivity contribution in [3.63, 3.8) is 0 Å². The zero-order valence-corrected chi connectivity index (χ0v) is 10.5. The monoisotopic (exact) mass is 228 g/mol. The van der Waals surface area contributed by atoms with Crippen molar-refractivity contribution in [3.05, 3.63) is 16.6 Å². The summed E-state index contributed by atoms with van der Waals surface area (Å²) < 4.78 is 5.63. The predicted octanol–water partition coefficient (Wildman–Crippen LogP) is 2.61. The fourth-order valence-corrected chi connectivity index (χ4v) is 1.86. The van der Waals surface area contributed by atoms with E-state index in [1.165, 1.54) is 0 Å². The number of hydrogen-bond acceptors (Lipinski definition) is 4. The highest BCUT2D eigenvalue weighted by molar-refractivity contribution is 7.07. The van der Waals surface area contributed by atoms with E-state index in [4.69, 9.17) is 4.74 Å². The summed E-state index contributed by atoms with van der Waals surface area (Å²) in [4.78, 5) is 4.32. The molecule has 0 amide bonds. The standard InChI is InChI=1S/C11H20N2OS/c1-4-5-12-10(6-14-9(2)3)11-7-15-8-13-11/h7-10,12H,4-6H2,1-3H3. The summed E-state index contributed by atoms with van der Waals surface area (Å²) in [5, 5.41) is 5.53. The first-order valence-electron chi connectivity index (χ1n) is 5.47. The lowest BCUT2D eigenvalue weighted by atomic mass is 10.2. The van der Waals surface area contributed by atoms with Gasteiger partial charge >= 0.3 is 0 Å². The Morgan fingerprint density at radius 3 is 2.87 bits per heavy atom. The number of nitrogens with one attached hydrogen (secondary N) is 1. The second kappa shape index (κ2) is 6.93. The van der Waals surface area contributed by atoms with Crippen molar-refractivity contribution in [2.45, 2.75) is 39.3 Å². The normalized spacial score (nSPS) is 13.3. The summed E-state index contributed by atoms with van der Waals surface area (Å²) in [6, 6.07) is 0.235. The highest BCUT2D eigenvalue weighted by atomic mass is 32.1. The lowest BCUT2D eigenvalue weighted by molar-refractivity contribution is 0.0604. The highest BCUT2D eigenvalue weighted by Gasteiger charge is 2.13. The van der Waals surface area contributed by atoms with E-state index in [0.717, 1.165) is 18.7 Å². The Kier molecular flexibility index (Phi) is 5.83. The van der Waals surface area contributed by atoms with Gasteiger partial charge in [-0.1, -0.05) is 6.92 Å². The van der Waals surface area contributed by atoms with E-state index < -0.39 is 0 Å². The second-order valence-corrected chi connectivity index (χ2v) is 4.52. The van der Waals surface area contributed by atoms with Gasteiger partial charge in [0.15, 0.2) is 0 Å². The lowest BCUT2D eigenvalue weighted by Crippen LogP contribution is -2.27. The van der Waals surface area contributed by atoms with E-state index in [-0.39, 0.29) is 12.1 Å². The Morgan fingerprint density at radius 2 is 2.33 bits per heavy atom. The Morgan fingerprint density at radius 1 is 1.53 bits per heavy atom. The van der Waals surface area contributed by atoms with Crippen LogP contribution in [0.2, 0.25) is 0 Å². The minimum absolute atomic E-state index is 0.235. The molecule has 0 aromatic carbocycles. The van der Waals surface area contributed by atoms with Crippen LogP contribution < -0.4 is 5.32 Å². The Bertz CT molecular complexity index is 249. The van der Waals surface area contributed by atoms with Gasteiger partial charge in [-0.15, -0.1) is 11.3 Å². The van der Waals surface area contributed by atoms with Gasteiger partial charge in [0.2, 0.25) is 0 Å². The number of aromatic nitrogens is 1. The smallest absolute Gasteiger partial charge is 0.0795 e. The van der Waals surface area contributed by atoms with Crippen molar-refractivity contribution >= 4 is 11.3 Å². The van der Waals surface area contributed by atoms with Crippen LogP contribution in [-0.2, 0) is 4.74 Å². The minimum Gasteiger partial charge on any atom is -0.377 e. The fourth-order valence-electron chi connectivity index (χ4n) is 1.25. The zero-order chi connectivity index (χ0) is 11.1. The Balaban J connectivity index is 2.46. The molecular formula is C11H20N2OS. The van der Waals surface area contributed by atoms with Crippen LogP contribution in [0.25, 0.3) is 0 Å². The molecule has 1 aromatic heterocycles. The predicted molar refractivity (Wildman–Crippen MR) is 64.2 cm³/mol. The molecule has 4 heteroatoms. The molecule has 0 aliphatic heterocycles. The summed E-state index contributed by atoms with van der Waals surface area (Å²) in [5.74, 6) is 0. The minimum atomic E-state index is 0.235. The van der Waals surface area contributed by atoms with Gasteiger partial charge in [0.25, 0.3) is 0 Å². The van der Waals surface area contributed by atoms with Gasteiger partial charge in [-0.3, -0.25) is 0 Å². The number of hydrogen-bond donors (Lipinski definition) is 1. The Labute approximate surface area is 95.9 Å². The molecule has 0 spiro atoms. The molecule has 0 aliphatic rings. The molecule has 1 rings (SSSR count). The first-order chi connectivity index (χ1) is 7.24. The van der Waals surface area contributed by atoms with Crippen molar-refractivity contribution in [3.8, 4) is 0 Å². The van der Waals surface area contributed by atoms with Gasteiger partial charge < -0.3 is 10.1 Å². The third kappa shape index (κ3) is 4.73. The van der Waals surface area contributed by atoms with Crippen molar-refractivity contribution in [2.75, 3.05) is 13.2 Å². The number of nitrogens with zero attached hydrogens (tertiary/aromatic N) is 1. The second-order valence-electron chi connectivity index (χ2n) is 3.80. The van der Waals surface area contributed by atoms with Crippen LogP contribution in [0.4, 0.5) is 0 Å².